The molecule has 0 aliphatic heterocycles. The molecule has 1 N–H and O–H groups in total. The van der Waals surface area contributed by atoms with Crippen molar-refractivity contribution < 1.29 is 9.21 Å². The smallest absolute Gasteiger partial charge is 0.287 e. The quantitative estimate of drug-likeness (QED) is 0.594. The number of nitrogens with one attached hydrogen (secondary N) is 1. The fourth-order valence-corrected chi connectivity index (χ4v) is 3.17. The fraction of sp³-hybridized carbons (Fsp3) is 0.143. The van der Waals surface area contributed by atoms with E-state index >= 15 is 0 Å². The van der Waals surface area contributed by atoms with Crippen molar-refractivity contribution in [2.75, 3.05) is 6.54 Å². The number of rotatable bonds is 5. The number of para-hydroxylation sites is 2. The Hall–Kier alpha value is -3.34. The van der Waals surface area contributed by atoms with Gasteiger partial charge in [0.2, 0.25) is 0 Å². The van der Waals surface area contributed by atoms with Crippen LogP contribution in [0.3, 0.4) is 0 Å². The molecule has 0 bridgehead atoms. The molecule has 4 aromatic rings. The highest BCUT2D eigenvalue weighted by Gasteiger charge is 2.16. The second-order valence-corrected chi connectivity index (χ2v) is 6.08. The van der Waals surface area contributed by atoms with Gasteiger partial charge in [-0.15, -0.1) is 0 Å². The van der Waals surface area contributed by atoms with Gasteiger partial charge in [-0.25, -0.2) is 4.98 Å². The van der Waals surface area contributed by atoms with Crippen LogP contribution >= 0.6 is 0 Å². The summed E-state index contributed by atoms with van der Waals surface area (Å²) in [7, 11) is 0. The molecular weight excluding hydrogens is 326 g/mol. The lowest BCUT2D eigenvalue weighted by Gasteiger charge is -2.08. The number of hydrogen-bond acceptors (Lipinski definition) is 3. The maximum absolute atomic E-state index is 12.5. The third-order valence-corrected chi connectivity index (χ3v) is 4.42. The number of carbonyl (C=O) groups excluding carboxylic acids is 1. The van der Waals surface area contributed by atoms with Gasteiger partial charge in [0, 0.05) is 18.7 Å². The molecule has 0 saturated carbocycles. The SMILES string of the molecule is Cc1nc2ccccc2n1CCNC(=O)c1occc1-c1ccccc1. The van der Waals surface area contributed by atoms with Crippen LogP contribution in [-0.2, 0) is 6.54 Å². The summed E-state index contributed by atoms with van der Waals surface area (Å²) in [5.74, 6) is 1.06. The summed E-state index contributed by atoms with van der Waals surface area (Å²) < 4.78 is 7.54. The molecule has 2 aromatic heterocycles. The third kappa shape index (κ3) is 2.99. The molecule has 130 valence electrons. The lowest BCUT2D eigenvalue weighted by atomic mass is 10.1. The summed E-state index contributed by atoms with van der Waals surface area (Å²) in [6.45, 7) is 3.12. The van der Waals surface area contributed by atoms with Gasteiger partial charge < -0.3 is 14.3 Å². The van der Waals surface area contributed by atoms with Crippen LogP contribution in [0.5, 0.6) is 0 Å². The molecule has 0 saturated heterocycles. The Morgan fingerprint density at radius 2 is 1.85 bits per heavy atom. The molecule has 2 aromatic carbocycles. The van der Waals surface area contributed by atoms with Gasteiger partial charge in [-0.3, -0.25) is 4.79 Å². The number of aromatic nitrogens is 2. The lowest BCUT2D eigenvalue weighted by molar-refractivity contribution is 0.0925. The summed E-state index contributed by atoms with van der Waals surface area (Å²) >= 11 is 0. The number of aryl methyl sites for hydroxylation is 1. The van der Waals surface area contributed by atoms with Crippen molar-refractivity contribution in [3.63, 3.8) is 0 Å². The second kappa shape index (κ2) is 6.88. The Morgan fingerprint density at radius 1 is 1.08 bits per heavy atom. The normalized spacial score (nSPS) is 11.0. The summed E-state index contributed by atoms with van der Waals surface area (Å²) in [6, 6.07) is 19.6. The molecule has 5 heteroatoms. The van der Waals surface area contributed by atoms with Crippen LogP contribution in [0.2, 0.25) is 0 Å². The zero-order chi connectivity index (χ0) is 17.9. The molecule has 26 heavy (non-hydrogen) atoms. The van der Waals surface area contributed by atoms with Crippen LogP contribution in [0.15, 0.2) is 71.3 Å². The van der Waals surface area contributed by atoms with E-state index in [9.17, 15) is 4.79 Å². The van der Waals surface area contributed by atoms with Crippen LogP contribution in [0.1, 0.15) is 16.4 Å². The minimum atomic E-state index is -0.212. The van der Waals surface area contributed by atoms with E-state index in [0.29, 0.717) is 18.8 Å². The summed E-state index contributed by atoms with van der Waals surface area (Å²) in [5.41, 5.74) is 3.80. The van der Waals surface area contributed by atoms with E-state index in [2.05, 4.69) is 14.9 Å². The van der Waals surface area contributed by atoms with Gasteiger partial charge in [-0.05, 0) is 30.7 Å². The molecule has 5 nitrogen and oxygen atoms in total. The number of amides is 1. The van der Waals surface area contributed by atoms with Crippen molar-refractivity contribution >= 4 is 16.9 Å². The van der Waals surface area contributed by atoms with Crippen LogP contribution < -0.4 is 5.32 Å². The van der Waals surface area contributed by atoms with Crippen LogP contribution in [0.25, 0.3) is 22.2 Å². The van der Waals surface area contributed by atoms with E-state index in [-0.39, 0.29) is 5.91 Å². The van der Waals surface area contributed by atoms with Gasteiger partial charge in [-0.1, -0.05) is 42.5 Å². The Bertz CT molecular complexity index is 1050. The Kier molecular flexibility index (Phi) is 4.27. The number of furan rings is 1. The van der Waals surface area contributed by atoms with Gasteiger partial charge >= 0.3 is 0 Å². The summed E-state index contributed by atoms with van der Waals surface area (Å²) in [4.78, 5) is 17.1. The minimum absolute atomic E-state index is 0.212. The maximum atomic E-state index is 12.5. The van der Waals surface area contributed by atoms with Crippen molar-refractivity contribution in [3.8, 4) is 11.1 Å². The van der Waals surface area contributed by atoms with Gasteiger partial charge in [0.25, 0.3) is 5.91 Å². The largest absolute Gasteiger partial charge is 0.459 e. The maximum Gasteiger partial charge on any atom is 0.287 e. The molecular formula is C21H19N3O2. The monoisotopic (exact) mass is 345 g/mol. The second-order valence-electron chi connectivity index (χ2n) is 6.08. The van der Waals surface area contributed by atoms with E-state index in [1.165, 1.54) is 0 Å². The van der Waals surface area contributed by atoms with Gasteiger partial charge in [0.05, 0.1) is 17.3 Å². The predicted molar refractivity (Wildman–Crippen MR) is 101 cm³/mol. The van der Waals surface area contributed by atoms with Crippen molar-refractivity contribution in [1.29, 1.82) is 0 Å². The highest BCUT2D eigenvalue weighted by molar-refractivity contribution is 5.98. The van der Waals surface area contributed by atoms with Crippen LogP contribution in [0.4, 0.5) is 0 Å². The molecule has 0 radical (unpaired) electrons. The lowest BCUT2D eigenvalue weighted by Crippen LogP contribution is -2.27. The average Bonchev–Trinajstić information content (AvgIpc) is 3.27. The average molecular weight is 345 g/mol. The molecule has 0 atom stereocenters. The Labute approximate surface area is 151 Å². The number of hydrogen-bond donors (Lipinski definition) is 1. The molecule has 0 aliphatic rings. The first kappa shape index (κ1) is 16.1. The van der Waals surface area contributed by atoms with Crippen molar-refractivity contribution in [2.45, 2.75) is 13.5 Å². The molecule has 0 fully saturated rings. The highest BCUT2D eigenvalue weighted by Crippen LogP contribution is 2.24. The topological polar surface area (TPSA) is 60.1 Å². The first-order valence-corrected chi connectivity index (χ1v) is 8.57. The number of benzene rings is 2. The van der Waals surface area contributed by atoms with Gasteiger partial charge in [0.1, 0.15) is 5.82 Å². The van der Waals surface area contributed by atoms with Crippen molar-refractivity contribution in [2.24, 2.45) is 0 Å². The van der Waals surface area contributed by atoms with Gasteiger partial charge in [0.15, 0.2) is 5.76 Å². The van der Waals surface area contributed by atoms with Crippen LogP contribution in [-0.4, -0.2) is 22.0 Å². The molecule has 0 unspecified atom stereocenters. The molecule has 1 amide bonds. The number of imidazole rings is 1. The van der Waals surface area contributed by atoms with E-state index in [4.69, 9.17) is 4.42 Å². The molecule has 0 spiro atoms. The Balaban J connectivity index is 1.47. The number of carbonyl (C=O) groups is 1. The fourth-order valence-electron chi connectivity index (χ4n) is 3.17. The zero-order valence-electron chi connectivity index (χ0n) is 14.5. The molecule has 4 rings (SSSR count). The van der Waals surface area contributed by atoms with E-state index < -0.39 is 0 Å². The Morgan fingerprint density at radius 3 is 2.69 bits per heavy atom. The zero-order valence-corrected chi connectivity index (χ0v) is 14.5. The number of nitrogens with zero attached hydrogens (tertiary/aromatic N) is 2. The van der Waals surface area contributed by atoms with E-state index in [1.807, 2.05) is 67.6 Å². The summed E-state index contributed by atoms with van der Waals surface area (Å²) in [6.07, 6.45) is 1.55. The number of fused-ring (bicyclic) bond motifs is 1. The first-order chi connectivity index (χ1) is 12.7. The van der Waals surface area contributed by atoms with E-state index in [0.717, 1.165) is 28.0 Å². The first-order valence-electron chi connectivity index (χ1n) is 8.57. The molecule has 0 aliphatic carbocycles. The standard InChI is InChI=1S/C21H19N3O2/c1-15-23-18-9-5-6-10-19(18)24(15)13-12-22-21(25)20-17(11-14-26-20)16-7-3-2-4-8-16/h2-11,14H,12-13H2,1H3,(H,22,25). The molecule has 2 heterocycles. The van der Waals surface area contributed by atoms with Crippen molar-refractivity contribution in [3.05, 3.63) is 78.5 Å². The minimum Gasteiger partial charge on any atom is -0.459 e. The highest BCUT2D eigenvalue weighted by atomic mass is 16.3. The third-order valence-electron chi connectivity index (χ3n) is 4.42. The summed E-state index contributed by atoms with van der Waals surface area (Å²) in [5, 5.41) is 2.94. The van der Waals surface area contributed by atoms with Crippen LogP contribution in [0, 0.1) is 6.92 Å². The van der Waals surface area contributed by atoms with Gasteiger partial charge in [-0.2, -0.15) is 0 Å². The predicted octanol–water partition coefficient (Wildman–Crippen LogP) is 4.03. The van der Waals surface area contributed by atoms with Crippen molar-refractivity contribution in [1.82, 2.24) is 14.9 Å². The van der Waals surface area contributed by atoms with E-state index in [1.54, 1.807) is 6.26 Å².